The van der Waals surface area contributed by atoms with Gasteiger partial charge in [0, 0.05) is 20.8 Å². The van der Waals surface area contributed by atoms with E-state index >= 15 is 0 Å². The van der Waals surface area contributed by atoms with Crippen LogP contribution >= 0.6 is 11.8 Å². The summed E-state index contributed by atoms with van der Waals surface area (Å²) in [6.45, 7) is 2.10. The van der Waals surface area contributed by atoms with Gasteiger partial charge in [0.2, 0.25) is 0 Å². The summed E-state index contributed by atoms with van der Waals surface area (Å²) in [5.74, 6) is -0.225. The number of benzene rings is 3. The van der Waals surface area contributed by atoms with E-state index in [1.807, 2.05) is 60.7 Å². The zero-order valence-electron chi connectivity index (χ0n) is 17.2. The van der Waals surface area contributed by atoms with Gasteiger partial charge in [-0.1, -0.05) is 67.6 Å². The van der Waals surface area contributed by atoms with Gasteiger partial charge in [0.1, 0.15) is 5.58 Å². The summed E-state index contributed by atoms with van der Waals surface area (Å²) in [7, 11) is 0. The van der Waals surface area contributed by atoms with Crippen molar-refractivity contribution in [2.45, 2.75) is 35.3 Å². The maximum absolute atomic E-state index is 13.8. The van der Waals surface area contributed by atoms with Crippen molar-refractivity contribution < 1.29 is 9.21 Å². The molecule has 0 saturated heterocycles. The minimum absolute atomic E-state index is 0.0165. The van der Waals surface area contributed by atoms with Gasteiger partial charge in [0.15, 0.2) is 11.2 Å². The minimum Gasteiger partial charge on any atom is -0.464 e. The number of carbonyl (C=O) groups is 1. The molecule has 0 amide bonds. The Hall–Kier alpha value is -3.11. The van der Waals surface area contributed by atoms with Crippen molar-refractivity contribution in [3.63, 3.8) is 0 Å². The van der Waals surface area contributed by atoms with Crippen LogP contribution < -0.4 is 5.43 Å². The molecule has 3 aromatic carbocycles. The minimum atomic E-state index is -0.451. The molecule has 5 rings (SSSR count). The Labute approximate surface area is 185 Å². The van der Waals surface area contributed by atoms with Crippen LogP contribution in [0.15, 0.2) is 99.2 Å². The number of carbonyl (C=O) groups excluding carboxylic acids is 1. The molecule has 0 bridgehead atoms. The highest BCUT2D eigenvalue weighted by molar-refractivity contribution is 8.01. The number of hydrogen-bond acceptors (Lipinski definition) is 4. The molecule has 3 nitrogen and oxygen atoms in total. The molecule has 1 aromatic heterocycles. The number of ketones is 1. The van der Waals surface area contributed by atoms with Crippen LogP contribution in [-0.2, 0) is 6.42 Å². The maximum atomic E-state index is 13.8. The van der Waals surface area contributed by atoms with E-state index in [0.29, 0.717) is 28.5 Å². The van der Waals surface area contributed by atoms with Gasteiger partial charge < -0.3 is 4.42 Å². The first kappa shape index (κ1) is 19.8. The van der Waals surface area contributed by atoms with Crippen molar-refractivity contribution >= 4 is 28.5 Å². The highest BCUT2D eigenvalue weighted by Gasteiger charge is 2.49. The van der Waals surface area contributed by atoms with E-state index in [9.17, 15) is 9.59 Å². The molecule has 2 unspecified atom stereocenters. The first-order valence-electron chi connectivity index (χ1n) is 10.5. The molecule has 0 saturated carbocycles. The monoisotopic (exact) mass is 426 g/mol. The lowest BCUT2D eigenvalue weighted by Gasteiger charge is -2.33. The topological polar surface area (TPSA) is 47.3 Å². The van der Waals surface area contributed by atoms with Crippen molar-refractivity contribution in [3.8, 4) is 0 Å². The summed E-state index contributed by atoms with van der Waals surface area (Å²) < 4.78 is 5.34. The fourth-order valence-electron chi connectivity index (χ4n) is 4.62. The van der Waals surface area contributed by atoms with Gasteiger partial charge in [0.05, 0.1) is 17.6 Å². The highest BCUT2D eigenvalue weighted by atomic mass is 32.2. The molecular weight excluding hydrogens is 404 g/mol. The second-order valence-electron chi connectivity index (χ2n) is 7.98. The molecule has 31 heavy (non-hydrogen) atoms. The van der Waals surface area contributed by atoms with Gasteiger partial charge in [-0.2, -0.15) is 0 Å². The maximum Gasteiger partial charge on any atom is 0.195 e. The molecule has 0 aliphatic carbocycles. The van der Waals surface area contributed by atoms with E-state index in [2.05, 4.69) is 13.0 Å². The van der Waals surface area contributed by atoms with Crippen molar-refractivity contribution in [2.75, 3.05) is 0 Å². The predicted octanol–water partition coefficient (Wildman–Crippen LogP) is 6.26. The predicted molar refractivity (Wildman–Crippen MR) is 125 cm³/mol. The fourth-order valence-corrected chi connectivity index (χ4v) is 6.24. The first-order chi connectivity index (χ1) is 15.1. The van der Waals surface area contributed by atoms with E-state index in [0.717, 1.165) is 16.9 Å². The van der Waals surface area contributed by atoms with E-state index in [-0.39, 0.29) is 17.1 Å². The van der Waals surface area contributed by atoms with Crippen LogP contribution in [0.2, 0.25) is 0 Å². The summed E-state index contributed by atoms with van der Waals surface area (Å²) in [6.07, 6.45) is 2.80. The Morgan fingerprint density at radius 1 is 0.968 bits per heavy atom. The smallest absolute Gasteiger partial charge is 0.195 e. The molecule has 154 valence electrons. The third kappa shape index (κ3) is 3.31. The lowest BCUT2D eigenvalue weighted by atomic mass is 9.76. The van der Waals surface area contributed by atoms with Crippen molar-refractivity contribution in [3.05, 3.63) is 112 Å². The number of hydrogen-bond donors (Lipinski definition) is 0. The largest absolute Gasteiger partial charge is 0.464 e. The zero-order chi connectivity index (χ0) is 21.4. The van der Waals surface area contributed by atoms with E-state index in [1.54, 1.807) is 30.2 Å². The van der Waals surface area contributed by atoms with Crippen molar-refractivity contribution in [1.82, 2.24) is 0 Å². The van der Waals surface area contributed by atoms with Gasteiger partial charge >= 0.3 is 0 Å². The van der Waals surface area contributed by atoms with Crippen LogP contribution in [0.1, 0.15) is 40.7 Å². The van der Waals surface area contributed by atoms with Gasteiger partial charge in [-0.15, -0.1) is 11.8 Å². The Morgan fingerprint density at radius 2 is 1.68 bits per heavy atom. The van der Waals surface area contributed by atoms with Gasteiger partial charge in [-0.05, 0) is 36.6 Å². The third-order valence-corrected chi connectivity index (χ3v) is 7.90. The number of fused-ring (bicyclic) bond motifs is 2. The molecule has 1 aliphatic rings. The Morgan fingerprint density at radius 3 is 2.48 bits per heavy atom. The number of thioether (sulfide) groups is 1. The van der Waals surface area contributed by atoms with E-state index in [1.165, 1.54) is 0 Å². The normalized spacial score (nSPS) is 20.0. The summed E-state index contributed by atoms with van der Waals surface area (Å²) in [5, 5.41) is 0.581. The molecule has 1 aliphatic heterocycles. The van der Waals surface area contributed by atoms with Crippen LogP contribution in [0, 0.1) is 0 Å². The Kier molecular flexibility index (Phi) is 5.03. The van der Waals surface area contributed by atoms with Gasteiger partial charge in [-0.3, -0.25) is 9.59 Å². The average Bonchev–Trinajstić information content (AvgIpc) is 3.15. The summed E-state index contributed by atoms with van der Waals surface area (Å²) in [6, 6.07) is 24.9. The number of para-hydroxylation sites is 1. The first-order valence-corrected chi connectivity index (χ1v) is 11.3. The lowest BCUT2D eigenvalue weighted by Crippen LogP contribution is -2.37. The molecular formula is C27H22O3S. The van der Waals surface area contributed by atoms with Gasteiger partial charge in [-0.25, -0.2) is 0 Å². The molecule has 0 radical (unpaired) electrons. The second kappa shape index (κ2) is 7.86. The van der Waals surface area contributed by atoms with E-state index in [4.69, 9.17) is 4.42 Å². The SMILES string of the molecule is CCC1(Cc2coc3ccccc3c2=O)Sc2ccccc2C1C(=O)c1ccccc1. The van der Waals surface area contributed by atoms with Crippen LogP contribution in [-0.4, -0.2) is 10.5 Å². The van der Waals surface area contributed by atoms with E-state index < -0.39 is 4.75 Å². The highest BCUT2D eigenvalue weighted by Crippen LogP contribution is 2.57. The van der Waals surface area contributed by atoms with Crippen molar-refractivity contribution in [2.24, 2.45) is 0 Å². The molecule has 2 heterocycles. The van der Waals surface area contributed by atoms with Gasteiger partial charge in [0.25, 0.3) is 0 Å². The Bertz CT molecular complexity index is 1330. The molecule has 0 spiro atoms. The van der Waals surface area contributed by atoms with Crippen LogP contribution in [0.3, 0.4) is 0 Å². The standard InChI is InChI=1S/C27H22O3S/c1-2-27(16-19-17-30-22-14-8-6-12-20(22)25(19)28)24(21-13-7-9-15-23(21)31-27)26(29)18-10-4-3-5-11-18/h3-15,17,24H,2,16H2,1H3. The third-order valence-electron chi connectivity index (χ3n) is 6.23. The molecule has 4 aromatic rings. The lowest BCUT2D eigenvalue weighted by molar-refractivity contribution is 0.0939. The zero-order valence-corrected chi connectivity index (χ0v) is 18.0. The average molecular weight is 427 g/mol. The number of rotatable bonds is 5. The molecule has 4 heteroatoms. The second-order valence-corrected chi connectivity index (χ2v) is 9.44. The summed E-state index contributed by atoms with van der Waals surface area (Å²) in [5.41, 5.74) is 2.94. The molecule has 0 N–H and O–H groups in total. The van der Waals surface area contributed by atoms with Crippen LogP contribution in [0.5, 0.6) is 0 Å². The molecule has 0 fully saturated rings. The fraction of sp³-hybridized carbons (Fsp3) is 0.185. The number of Topliss-reactive ketones (excluding diaryl/α,β-unsaturated/α-hetero) is 1. The Balaban J connectivity index is 1.64. The summed E-state index contributed by atoms with van der Waals surface area (Å²) >= 11 is 1.72. The van der Waals surface area contributed by atoms with Crippen LogP contribution in [0.25, 0.3) is 11.0 Å². The van der Waals surface area contributed by atoms with Crippen LogP contribution in [0.4, 0.5) is 0 Å². The quantitative estimate of drug-likeness (QED) is 0.354. The summed E-state index contributed by atoms with van der Waals surface area (Å²) in [4.78, 5) is 28.1. The molecule has 2 atom stereocenters. The van der Waals surface area contributed by atoms with Crippen molar-refractivity contribution in [1.29, 1.82) is 0 Å².